The number of hydrogen-bond acceptors (Lipinski definition) is 5. The third-order valence-corrected chi connectivity index (χ3v) is 5.25. The Kier molecular flexibility index (Phi) is 5.33. The van der Waals surface area contributed by atoms with Gasteiger partial charge in [-0.25, -0.2) is 0 Å². The van der Waals surface area contributed by atoms with Gasteiger partial charge >= 0.3 is 0 Å². The normalized spacial score (nSPS) is 13.8. The van der Waals surface area contributed by atoms with Crippen molar-refractivity contribution in [2.75, 3.05) is 0 Å². The number of allylic oxidation sites excluding steroid dienone is 2. The van der Waals surface area contributed by atoms with Crippen molar-refractivity contribution >= 4 is 11.6 Å². The molecule has 2 aromatic carbocycles. The van der Waals surface area contributed by atoms with E-state index in [9.17, 15) is 4.79 Å². The van der Waals surface area contributed by atoms with E-state index in [1.807, 2.05) is 55.8 Å². The minimum absolute atomic E-state index is 0.0846. The topological polar surface area (TPSA) is 97.2 Å². The molecule has 1 amide bonds. The minimum Gasteiger partial charge on any atom is -0.453 e. The Hall–Kier alpha value is -3.87. The predicted octanol–water partition coefficient (Wildman–Crippen LogP) is 3.85. The summed E-state index contributed by atoms with van der Waals surface area (Å²) < 4.78 is 7.66. The lowest BCUT2D eigenvalue weighted by molar-refractivity contribution is 0.0764. The van der Waals surface area contributed by atoms with Gasteiger partial charge in [-0.15, -0.1) is 0 Å². The number of carbonyl (C=O) groups is 1. The maximum atomic E-state index is 13.2. The molecular weight excluding hydrogens is 390 g/mol. The summed E-state index contributed by atoms with van der Waals surface area (Å²) in [6, 6.07) is 13.7. The summed E-state index contributed by atoms with van der Waals surface area (Å²) in [6.45, 7) is 4.31. The maximum absolute atomic E-state index is 13.2. The molecule has 0 radical (unpaired) electrons. The smallest absolute Gasteiger partial charge is 0.258 e. The number of aromatic nitrogens is 2. The highest BCUT2D eigenvalue weighted by Crippen LogP contribution is 2.33. The second-order valence-corrected chi connectivity index (χ2v) is 7.79. The van der Waals surface area contributed by atoms with E-state index in [2.05, 4.69) is 5.10 Å². The standard InChI is InChI=1S/C24H25N5O2/c1-15(25)23(16(2)26)31-21-6-4-5-19-14-29(24(30)22(19)21)12-17-7-9-18(10-8-17)20-11-27-28(3)13-20/h4-11,13,25H,12,14,26H2,1-3H3/b23-16+,25-15?. The van der Waals surface area contributed by atoms with Crippen molar-refractivity contribution in [2.24, 2.45) is 12.8 Å². The number of benzene rings is 2. The highest BCUT2D eigenvalue weighted by molar-refractivity contribution is 6.01. The Bertz CT molecular complexity index is 1190. The zero-order valence-corrected chi connectivity index (χ0v) is 17.8. The number of fused-ring (bicyclic) bond motifs is 1. The third kappa shape index (κ3) is 4.07. The first-order valence-electron chi connectivity index (χ1n) is 10.0. The second-order valence-electron chi connectivity index (χ2n) is 7.79. The highest BCUT2D eigenvalue weighted by Gasteiger charge is 2.31. The van der Waals surface area contributed by atoms with E-state index in [1.165, 1.54) is 0 Å². The lowest BCUT2D eigenvalue weighted by Gasteiger charge is -2.16. The van der Waals surface area contributed by atoms with Gasteiger partial charge < -0.3 is 20.8 Å². The molecule has 7 heteroatoms. The molecule has 0 saturated heterocycles. The van der Waals surface area contributed by atoms with Gasteiger partial charge in [0.15, 0.2) is 5.76 Å². The lowest BCUT2D eigenvalue weighted by Crippen LogP contribution is -2.23. The van der Waals surface area contributed by atoms with Crippen LogP contribution in [0.5, 0.6) is 5.75 Å². The van der Waals surface area contributed by atoms with E-state index in [0.717, 1.165) is 22.3 Å². The van der Waals surface area contributed by atoms with Gasteiger partial charge in [-0.3, -0.25) is 9.48 Å². The molecule has 2 heterocycles. The highest BCUT2D eigenvalue weighted by atomic mass is 16.5. The molecule has 3 aromatic rings. The van der Waals surface area contributed by atoms with Gasteiger partial charge in [-0.1, -0.05) is 36.4 Å². The predicted molar refractivity (Wildman–Crippen MR) is 120 cm³/mol. The van der Waals surface area contributed by atoms with Gasteiger partial charge in [0, 0.05) is 31.9 Å². The minimum atomic E-state index is -0.0846. The monoisotopic (exact) mass is 415 g/mol. The average molecular weight is 415 g/mol. The van der Waals surface area contributed by atoms with E-state index in [-0.39, 0.29) is 17.4 Å². The molecule has 0 atom stereocenters. The molecule has 158 valence electrons. The van der Waals surface area contributed by atoms with Crippen molar-refractivity contribution in [3.8, 4) is 16.9 Å². The number of aryl methyl sites for hydroxylation is 1. The van der Waals surface area contributed by atoms with Crippen LogP contribution in [0.4, 0.5) is 0 Å². The lowest BCUT2D eigenvalue weighted by atomic mass is 10.1. The van der Waals surface area contributed by atoms with Crippen molar-refractivity contribution in [3.05, 3.63) is 83.0 Å². The first-order valence-corrected chi connectivity index (χ1v) is 10.0. The van der Waals surface area contributed by atoms with Crippen LogP contribution in [0, 0.1) is 5.41 Å². The molecule has 7 nitrogen and oxygen atoms in total. The van der Waals surface area contributed by atoms with Crippen molar-refractivity contribution in [2.45, 2.75) is 26.9 Å². The fourth-order valence-electron chi connectivity index (χ4n) is 3.76. The molecule has 0 fully saturated rings. The van der Waals surface area contributed by atoms with Crippen LogP contribution >= 0.6 is 0 Å². The summed E-state index contributed by atoms with van der Waals surface area (Å²) in [5.41, 5.74) is 11.1. The fraction of sp³-hybridized carbons (Fsp3) is 0.208. The van der Waals surface area contributed by atoms with Crippen LogP contribution < -0.4 is 10.5 Å². The SMILES string of the molecule is CC(=N)/C(Oc1cccc2c1C(=O)N(Cc1ccc(-c3cnn(C)c3)cc1)C2)=C(/C)N. The summed E-state index contributed by atoms with van der Waals surface area (Å²) in [5.74, 6) is 0.632. The third-order valence-electron chi connectivity index (χ3n) is 5.25. The fourth-order valence-corrected chi connectivity index (χ4v) is 3.76. The summed E-state index contributed by atoms with van der Waals surface area (Å²) in [4.78, 5) is 15.0. The van der Waals surface area contributed by atoms with Crippen LogP contribution in [0.15, 0.2) is 66.3 Å². The van der Waals surface area contributed by atoms with Crippen LogP contribution in [-0.4, -0.2) is 26.3 Å². The molecule has 0 saturated carbocycles. The summed E-state index contributed by atoms with van der Waals surface area (Å²) in [5, 5.41) is 12.1. The van der Waals surface area contributed by atoms with E-state index < -0.39 is 0 Å². The van der Waals surface area contributed by atoms with Gasteiger partial charge in [0.05, 0.1) is 23.2 Å². The molecular formula is C24H25N5O2. The van der Waals surface area contributed by atoms with Crippen LogP contribution in [-0.2, 0) is 20.1 Å². The summed E-state index contributed by atoms with van der Waals surface area (Å²) in [7, 11) is 1.89. The van der Waals surface area contributed by atoms with E-state index >= 15 is 0 Å². The molecule has 3 N–H and O–H groups in total. The first-order chi connectivity index (χ1) is 14.8. The second kappa shape index (κ2) is 8.10. The number of hydrogen-bond donors (Lipinski definition) is 2. The van der Waals surface area contributed by atoms with Crippen molar-refractivity contribution in [3.63, 3.8) is 0 Å². The van der Waals surface area contributed by atoms with Gasteiger partial charge in [0.1, 0.15) is 5.75 Å². The number of carbonyl (C=O) groups excluding carboxylic acids is 1. The largest absolute Gasteiger partial charge is 0.453 e. The molecule has 4 rings (SSSR count). The molecule has 0 unspecified atom stereocenters. The molecule has 0 aliphatic carbocycles. The summed E-state index contributed by atoms with van der Waals surface area (Å²) in [6.07, 6.45) is 3.80. The molecule has 0 bridgehead atoms. The zero-order chi connectivity index (χ0) is 22.1. The number of nitrogens with two attached hydrogens (primary N) is 1. The Morgan fingerprint density at radius 2 is 1.90 bits per heavy atom. The van der Waals surface area contributed by atoms with E-state index in [0.29, 0.717) is 30.1 Å². The number of nitrogens with zero attached hydrogens (tertiary/aromatic N) is 3. The van der Waals surface area contributed by atoms with Crippen LogP contribution in [0.25, 0.3) is 11.1 Å². The number of rotatable bonds is 6. The first kappa shape index (κ1) is 20.4. The quantitative estimate of drug-likeness (QED) is 0.472. The maximum Gasteiger partial charge on any atom is 0.258 e. The van der Waals surface area contributed by atoms with Gasteiger partial charge in [-0.2, -0.15) is 5.10 Å². The zero-order valence-electron chi connectivity index (χ0n) is 17.8. The Balaban J connectivity index is 1.53. The van der Waals surface area contributed by atoms with E-state index in [4.69, 9.17) is 15.9 Å². The molecule has 0 spiro atoms. The molecule has 31 heavy (non-hydrogen) atoms. The summed E-state index contributed by atoms with van der Waals surface area (Å²) >= 11 is 0. The Morgan fingerprint density at radius 1 is 1.16 bits per heavy atom. The number of amides is 1. The van der Waals surface area contributed by atoms with Gasteiger partial charge in [0.2, 0.25) is 0 Å². The van der Waals surface area contributed by atoms with Crippen LogP contribution in [0.1, 0.15) is 35.3 Å². The van der Waals surface area contributed by atoms with E-state index in [1.54, 1.807) is 29.5 Å². The van der Waals surface area contributed by atoms with Gasteiger partial charge in [0.25, 0.3) is 5.91 Å². The van der Waals surface area contributed by atoms with Gasteiger partial charge in [-0.05, 0) is 36.6 Å². The van der Waals surface area contributed by atoms with Crippen molar-refractivity contribution in [1.82, 2.24) is 14.7 Å². The Labute approximate surface area is 181 Å². The van der Waals surface area contributed by atoms with Crippen LogP contribution in [0.2, 0.25) is 0 Å². The Morgan fingerprint density at radius 3 is 2.52 bits per heavy atom. The number of nitrogens with one attached hydrogen (secondary N) is 1. The molecule has 1 aromatic heterocycles. The van der Waals surface area contributed by atoms with Crippen LogP contribution in [0.3, 0.4) is 0 Å². The van der Waals surface area contributed by atoms with Crippen molar-refractivity contribution in [1.29, 1.82) is 5.41 Å². The molecule has 1 aliphatic heterocycles. The molecule has 1 aliphatic rings. The van der Waals surface area contributed by atoms with Crippen molar-refractivity contribution < 1.29 is 9.53 Å². The number of ether oxygens (including phenoxy) is 1. The average Bonchev–Trinajstić information content (AvgIpc) is 3.30.